The molecule has 0 unspecified atom stereocenters. The largest absolute Gasteiger partial charge is 0.472 e. The highest BCUT2D eigenvalue weighted by atomic mass is 32.1. The van der Waals surface area contributed by atoms with Crippen molar-refractivity contribution < 1.29 is 4.42 Å². The zero-order chi connectivity index (χ0) is 13.7. The van der Waals surface area contributed by atoms with Gasteiger partial charge in [-0.2, -0.15) is 0 Å². The van der Waals surface area contributed by atoms with Gasteiger partial charge in [0, 0.05) is 35.0 Å². The van der Waals surface area contributed by atoms with Crippen molar-refractivity contribution in [2.45, 2.75) is 33.5 Å². The SMILES string of the molecule is CCNCc1cc(CN(C)Cc2ccoc2)c(C)s1. The fourth-order valence-corrected chi connectivity index (χ4v) is 3.14. The minimum absolute atomic E-state index is 0.925. The van der Waals surface area contributed by atoms with Crippen molar-refractivity contribution in [2.75, 3.05) is 13.6 Å². The molecule has 104 valence electrons. The Hall–Kier alpha value is -1.10. The van der Waals surface area contributed by atoms with Gasteiger partial charge in [-0.25, -0.2) is 0 Å². The summed E-state index contributed by atoms with van der Waals surface area (Å²) in [6.07, 6.45) is 3.54. The van der Waals surface area contributed by atoms with E-state index in [0.717, 1.165) is 26.2 Å². The number of aryl methyl sites for hydroxylation is 1. The molecule has 0 saturated carbocycles. The maximum atomic E-state index is 5.10. The van der Waals surface area contributed by atoms with Crippen LogP contribution in [0.25, 0.3) is 0 Å². The zero-order valence-corrected chi connectivity index (χ0v) is 12.7. The Morgan fingerprint density at radius 3 is 2.89 bits per heavy atom. The minimum atomic E-state index is 0.925. The second kappa shape index (κ2) is 6.89. The highest BCUT2D eigenvalue weighted by Gasteiger charge is 2.08. The summed E-state index contributed by atoms with van der Waals surface area (Å²) in [4.78, 5) is 5.16. The molecule has 0 radical (unpaired) electrons. The summed E-state index contributed by atoms with van der Waals surface area (Å²) in [5, 5.41) is 3.38. The standard InChI is InChI=1S/C15H22N2OS/c1-4-16-8-15-7-14(12(2)19-15)10-17(3)9-13-5-6-18-11-13/h5-7,11,16H,4,8-10H2,1-3H3. The maximum Gasteiger partial charge on any atom is 0.0947 e. The monoisotopic (exact) mass is 278 g/mol. The second-order valence-electron chi connectivity index (χ2n) is 4.88. The Balaban J connectivity index is 1.92. The molecule has 2 aromatic rings. The van der Waals surface area contributed by atoms with Gasteiger partial charge in [-0.15, -0.1) is 11.3 Å². The lowest BCUT2D eigenvalue weighted by Crippen LogP contribution is -2.17. The van der Waals surface area contributed by atoms with Gasteiger partial charge >= 0.3 is 0 Å². The minimum Gasteiger partial charge on any atom is -0.472 e. The van der Waals surface area contributed by atoms with Crippen LogP contribution >= 0.6 is 11.3 Å². The highest BCUT2D eigenvalue weighted by Crippen LogP contribution is 2.23. The molecule has 2 aromatic heterocycles. The zero-order valence-electron chi connectivity index (χ0n) is 11.9. The summed E-state index contributed by atoms with van der Waals surface area (Å²) < 4.78 is 5.10. The molecule has 3 nitrogen and oxygen atoms in total. The van der Waals surface area contributed by atoms with Crippen molar-refractivity contribution >= 4 is 11.3 Å². The maximum absolute atomic E-state index is 5.10. The Labute approximate surface area is 119 Å². The van der Waals surface area contributed by atoms with Crippen LogP contribution in [0.1, 0.15) is 27.8 Å². The Kier molecular flexibility index (Phi) is 5.19. The topological polar surface area (TPSA) is 28.4 Å². The van der Waals surface area contributed by atoms with E-state index in [1.54, 1.807) is 6.26 Å². The van der Waals surface area contributed by atoms with Gasteiger partial charge < -0.3 is 9.73 Å². The van der Waals surface area contributed by atoms with Crippen LogP contribution in [0.4, 0.5) is 0 Å². The van der Waals surface area contributed by atoms with E-state index in [2.05, 4.69) is 37.2 Å². The van der Waals surface area contributed by atoms with E-state index < -0.39 is 0 Å². The lowest BCUT2D eigenvalue weighted by molar-refractivity contribution is 0.317. The van der Waals surface area contributed by atoms with Gasteiger partial charge in [-0.3, -0.25) is 4.90 Å². The number of hydrogen-bond acceptors (Lipinski definition) is 4. The van der Waals surface area contributed by atoms with E-state index in [1.807, 2.05) is 23.7 Å². The molecule has 0 spiro atoms. The molecule has 0 fully saturated rings. The van der Waals surface area contributed by atoms with Gasteiger partial charge in [0.1, 0.15) is 0 Å². The first-order valence-corrected chi connectivity index (χ1v) is 7.49. The van der Waals surface area contributed by atoms with Crippen LogP contribution in [0, 0.1) is 6.92 Å². The van der Waals surface area contributed by atoms with Crippen LogP contribution in [-0.4, -0.2) is 18.5 Å². The van der Waals surface area contributed by atoms with Crippen LogP contribution in [0.3, 0.4) is 0 Å². The molecule has 0 amide bonds. The third-order valence-electron chi connectivity index (χ3n) is 3.09. The number of nitrogens with one attached hydrogen (secondary N) is 1. The van der Waals surface area contributed by atoms with Crippen molar-refractivity contribution in [1.82, 2.24) is 10.2 Å². The van der Waals surface area contributed by atoms with Gasteiger partial charge in [0.05, 0.1) is 12.5 Å². The lowest BCUT2D eigenvalue weighted by Gasteiger charge is -2.15. The predicted octanol–water partition coefficient (Wildman–Crippen LogP) is 3.39. The molecule has 0 atom stereocenters. The first-order chi connectivity index (χ1) is 9.19. The van der Waals surface area contributed by atoms with Crippen molar-refractivity contribution in [3.05, 3.63) is 45.5 Å². The summed E-state index contributed by atoms with van der Waals surface area (Å²) in [5.74, 6) is 0. The lowest BCUT2D eigenvalue weighted by atomic mass is 10.2. The quantitative estimate of drug-likeness (QED) is 0.841. The predicted molar refractivity (Wildman–Crippen MR) is 80.3 cm³/mol. The van der Waals surface area contributed by atoms with Crippen LogP contribution in [-0.2, 0) is 19.6 Å². The molecule has 0 aliphatic heterocycles. The van der Waals surface area contributed by atoms with E-state index in [9.17, 15) is 0 Å². The molecule has 0 saturated heterocycles. The smallest absolute Gasteiger partial charge is 0.0947 e. The summed E-state index contributed by atoms with van der Waals surface area (Å²) in [5.41, 5.74) is 2.66. The number of furan rings is 1. The molecular formula is C15H22N2OS. The summed E-state index contributed by atoms with van der Waals surface area (Å²) in [7, 11) is 2.15. The molecule has 0 bridgehead atoms. The van der Waals surface area contributed by atoms with Gasteiger partial charge in [0.25, 0.3) is 0 Å². The van der Waals surface area contributed by atoms with Crippen molar-refractivity contribution in [1.29, 1.82) is 0 Å². The van der Waals surface area contributed by atoms with E-state index >= 15 is 0 Å². The number of rotatable bonds is 7. The second-order valence-corrected chi connectivity index (χ2v) is 6.22. The number of hydrogen-bond donors (Lipinski definition) is 1. The molecule has 2 rings (SSSR count). The number of nitrogens with zero attached hydrogens (tertiary/aromatic N) is 1. The van der Waals surface area contributed by atoms with Crippen molar-refractivity contribution in [3.8, 4) is 0 Å². The van der Waals surface area contributed by atoms with E-state index in [4.69, 9.17) is 4.42 Å². The van der Waals surface area contributed by atoms with E-state index in [-0.39, 0.29) is 0 Å². The first-order valence-electron chi connectivity index (χ1n) is 6.67. The molecule has 4 heteroatoms. The molecular weight excluding hydrogens is 256 g/mol. The van der Waals surface area contributed by atoms with Crippen molar-refractivity contribution in [3.63, 3.8) is 0 Å². The van der Waals surface area contributed by atoms with Crippen molar-refractivity contribution in [2.24, 2.45) is 0 Å². The Bertz CT molecular complexity index is 490. The van der Waals surface area contributed by atoms with Crippen LogP contribution in [0.2, 0.25) is 0 Å². The van der Waals surface area contributed by atoms with Crippen LogP contribution in [0.15, 0.2) is 29.1 Å². The summed E-state index contributed by atoms with van der Waals surface area (Å²) in [6.45, 7) is 8.26. The molecule has 0 aliphatic rings. The summed E-state index contributed by atoms with van der Waals surface area (Å²) >= 11 is 1.90. The molecule has 19 heavy (non-hydrogen) atoms. The fraction of sp³-hybridized carbons (Fsp3) is 0.467. The van der Waals surface area contributed by atoms with Gasteiger partial charge in [-0.05, 0) is 38.2 Å². The third-order valence-corrected chi connectivity index (χ3v) is 4.19. The van der Waals surface area contributed by atoms with Gasteiger partial charge in [0.15, 0.2) is 0 Å². The van der Waals surface area contributed by atoms with Crippen LogP contribution in [0.5, 0.6) is 0 Å². The van der Waals surface area contributed by atoms with Crippen LogP contribution < -0.4 is 5.32 Å². The normalized spacial score (nSPS) is 11.4. The Morgan fingerprint density at radius 1 is 1.37 bits per heavy atom. The first kappa shape index (κ1) is 14.3. The highest BCUT2D eigenvalue weighted by molar-refractivity contribution is 7.12. The molecule has 2 heterocycles. The molecule has 1 N–H and O–H groups in total. The summed E-state index contributed by atoms with van der Waals surface area (Å²) in [6, 6.07) is 4.35. The van der Waals surface area contributed by atoms with Gasteiger partial charge in [-0.1, -0.05) is 6.92 Å². The van der Waals surface area contributed by atoms with E-state index in [1.165, 1.54) is 20.9 Å². The molecule has 0 aliphatic carbocycles. The number of thiophene rings is 1. The third kappa shape index (κ3) is 4.20. The fourth-order valence-electron chi connectivity index (χ4n) is 2.12. The molecule has 0 aromatic carbocycles. The average molecular weight is 278 g/mol. The Morgan fingerprint density at radius 2 is 2.21 bits per heavy atom. The average Bonchev–Trinajstić information content (AvgIpc) is 2.98. The van der Waals surface area contributed by atoms with E-state index in [0.29, 0.717) is 0 Å². The van der Waals surface area contributed by atoms with Gasteiger partial charge in [0.2, 0.25) is 0 Å².